The Kier molecular flexibility index (Phi) is 10.6. The standard InChI is InChI=1S/C28H32ClN3O6S/c1-37-25-14-13-20(18-26(25)38-2)15-16-30-28(34)23-10-4-5-11-24(23)31-27(33)12-7-17-32(39(3,35)36)22-9-6-8-21(29)19-22/h4-6,8-11,13-14,18-19H,7,12,15-17H2,1-3H3,(H,30,34)(H,31,33). The molecule has 0 saturated heterocycles. The number of hydrogen-bond acceptors (Lipinski definition) is 6. The van der Waals surface area contributed by atoms with Crippen molar-refractivity contribution < 1.29 is 27.5 Å². The lowest BCUT2D eigenvalue weighted by Crippen LogP contribution is -2.31. The first-order valence-electron chi connectivity index (χ1n) is 12.2. The number of benzene rings is 3. The Morgan fingerprint density at radius 1 is 0.949 bits per heavy atom. The van der Waals surface area contributed by atoms with E-state index in [9.17, 15) is 18.0 Å². The molecule has 3 aromatic rings. The molecule has 2 N–H and O–H groups in total. The summed E-state index contributed by atoms with van der Waals surface area (Å²) in [4.78, 5) is 25.5. The predicted molar refractivity (Wildman–Crippen MR) is 154 cm³/mol. The molecule has 0 aliphatic rings. The zero-order valence-electron chi connectivity index (χ0n) is 22.1. The summed E-state index contributed by atoms with van der Waals surface area (Å²) in [5.74, 6) is 0.584. The monoisotopic (exact) mass is 573 g/mol. The molecule has 0 aliphatic heterocycles. The third-order valence-electron chi connectivity index (χ3n) is 5.85. The van der Waals surface area contributed by atoms with Crippen LogP contribution in [-0.4, -0.2) is 53.8 Å². The van der Waals surface area contributed by atoms with E-state index in [0.717, 1.165) is 11.8 Å². The van der Waals surface area contributed by atoms with Gasteiger partial charge in [0.05, 0.1) is 37.4 Å². The SMILES string of the molecule is COc1ccc(CCNC(=O)c2ccccc2NC(=O)CCCN(c2cccc(Cl)c2)S(C)(=O)=O)cc1OC. The number of methoxy groups -OCH3 is 2. The second kappa shape index (κ2) is 13.9. The van der Waals surface area contributed by atoms with Crippen molar-refractivity contribution in [2.24, 2.45) is 0 Å². The molecule has 0 bridgehead atoms. The molecule has 0 aliphatic carbocycles. The van der Waals surface area contributed by atoms with Gasteiger partial charge < -0.3 is 20.1 Å². The van der Waals surface area contributed by atoms with Gasteiger partial charge in [0.25, 0.3) is 5.91 Å². The van der Waals surface area contributed by atoms with Crippen LogP contribution in [0.2, 0.25) is 5.02 Å². The number of para-hydroxylation sites is 1. The van der Waals surface area contributed by atoms with Crippen LogP contribution in [0.4, 0.5) is 11.4 Å². The number of anilines is 2. The van der Waals surface area contributed by atoms with Gasteiger partial charge in [0.2, 0.25) is 15.9 Å². The highest BCUT2D eigenvalue weighted by Crippen LogP contribution is 2.27. The molecule has 0 fully saturated rings. The van der Waals surface area contributed by atoms with Crippen LogP contribution in [0.3, 0.4) is 0 Å². The Labute approximate surface area is 234 Å². The molecule has 2 amide bonds. The molecular formula is C28H32ClN3O6S. The first-order chi connectivity index (χ1) is 18.6. The van der Waals surface area contributed by atoms with Crippen LogP contribution in [0.5, 0.6) is 11.5 Å². The van der Waals surface area contributed by atoms with E-state index in [4.69, 9.17) is 21.1 Å². The Morgan fingerprint density at radius 3 is 2.38 bits per heavy atom. The lowest BCUT2D eigenvalue weighted by molar-refractivity contribution is -0.116. The van der Waals surface area contributed by atoms with Crippen molar-refractivity contribution in [1.82, 2.24) is 5.32 Å². The molecule has 0 unspecified atom stereocenters. The quantitative estimate of drug-likeness (QED) is 0.311. The van der Waals surface area contributed by atoms with Gasteiger partial charge in [0.15, 0.2) is 11.5 Å². The highest BCUT2D eigenvalue weighted by molar-refractivity contribution is 7.92. The topological polar surface area (TPSA) is 114 Å². The van der Waals surface area contributed by atoms with Crippen LogP contribution < -0.4 is 24.4 Å². The number of rotatable bonds is 13. The number of halogens is 1. The van der Waals surface area contributed by atoms with Crippen molar-refractivity contribution >= 4 is 44.8 Å². The van der Waals surface area contributed by atoms with Crippen molar-refractivity contribution in [1.29, 1.82) is 0 Å². The molecule has 208 valence electrons. The summed E-state index contributed by atoms with van der Waals surface area (Å²) in [7, 11) is -0.435. The molecule has 3 aromatic carbocycles. The van der Waals surface area contributed by atoms with E-state index in [1.165, 1.54) is 4.31 Å². The van der Waals surface area contributed by atoms with Crippen LogP contribution >= 0.6 is 11.6 Å². The van der Waals surface area contributed by atoms with E-state index in [1.807, 2.05) is 18.2 Å². The number of nitrogens with zero attached hydrogens (tertiary/aromatic N) is 1. The van der Waals surface area contributed by atoms with Crippen molar-refractivity contribution in [3.63, 3.8) is 0 Å². The van der Waals surface area contributed by atoms with Crippen LogP contribution in [0, 0.1) is 0 Å². The maximum absolute atomic E-state index is 12.9. The number of carbonyl (C=O) groups excluding carboxylic acids is 2. The van der Waals surface area contributed by atoms with E-state index >= 15 is 0 Å². The first-order valence-corrected chi connectivity index (χ1v) is 14.5. The number of nitrogens with one attached hydrogen (secondary N) is 2. The molecule has 39 heavy (non-hydrogen) atoms. The van der Waals surface area contributed by atoms with Crippen molar-refractivity contribution in [3.05, 3.63) is 82.9 Å². The first kappa shape index (κ1) is 29.8. The van der Waals surface area contributed by atoms with Gasteiger partial charge in [-0.15, -0.1) is 0 Å². The van der Waals surface area contributed by atoms with Crippen molar-refractivity contribution in [2.75, 3.05) is 43.2 Å². The lowest BCUT2D eigenvalue weighted by atomic mass is 10.1. The maximum Gasteiger partial charge on any atom is 0.253 e. The fraction of sp³-hybridized carbons (Fsp3) is 0.286. The van der Waals surface area contributed by atoms with E-state index < -0.39 is 10.0 Å². The fourth-order valence-electron chi connectivity index (χ4n) is 3.96. The molecule has 0 spiro atoms. The lowest BCUT2D eigenvalue weighted by Gasteiger charge is -2.22. The third-order valence-corrected chi connectivity index (χ3v) is 7.28. The van der Waals surface area contributed by atoms with Crippen LogP contribution in [0.15, 0.2) is 66.7 Å². The Hall–Kier alpha value is -3.76. The number of ether oxygens (including phenoxy) is 2. The molecule has 0 heterocycles. The Bertz CT molecular complexity index is 1410. The van der Waals surface area contributed by atoms with Crippen LogP contribution in [0.1, 0.15) is 28.8 Å². The molecular weight excluding hydrogens is 542 g/mol. The van der Waals surface area contributed by atoms with Gasteiger partial charge in [-0.25, -0.2) is 8.42 Å². The minimum absolute atomic E-state index is 0.0574. The Balaban J connectivity index is 1.56. The van der Waals surface area contributed by atoms with Crippen LogP contribution in [0.25, 0.3) is 0 Å². The van der Waals surface area contributed by atoms with Gasteiger partial charge in [-0.2, -0.15) is 0 Å². The van der Waals surface area contributed by atoms with Gasteiger partial charge in [-0.05, 0) is 60.9 Å². The zero-order chi connectivity index (χ0) is 28.4. The van der Waals surface area contributed by atoms with Crippen molar-refractivity contribution in [2.45, 2.75) is 19.3 Å². The molecule has 9 nitrogen and oxygen atoms in total. The molecule has 0 aromatic heterocycles. The number of hydrogen-bond donors (Lipinski definition) is 2. The minimum Gasteiger partial charge on any atom is -0.493 e. The smallest absolute Gasteiger partial charge is 0.253 e. The van der Waals surface area contributed by atoms with E-state index in [0.29, 0.717) is 46.4 Å². The van der Waals surface area contributed by atoms with Crippen molar-refractivity contribution in [3.8, 4) is 11.5 Å². The van der Waals surface area contributed by atoms with Gasteiger partial charge in [0.1, 0.15) is 0 Å². The van der Waals surface area contributed by atoms with E-state index in [-0.39, 0.29) is 31.2 Å². The molecule has 0 radical (unpaired) electrons. The second-order valence-electron chi connectivity index (χ2n) is 8.71. The maximum atomic E-state index is 12.9. The van der Waals surface area contributed by atoms with Crippen LogP contribution in [-0.2, 0) is 21.2 Å². The second-order valence-corrected chi connectivity index (χ2v) is 11.1. The van der Waals surface area contributed by atoms with Gasteiger partial charge in [-0.1, -0.05) is 35.9 Å². The van der Waals surface area contributed by atoms with E-state index in [2.05, 4.69) is 10.6 Å². The van der Waals surface area contributed by atoms with Gasteiger partial charge in [-0.3, -0.25) is 13.9 Å². The summed E-state index contributed by atoms with van der Waals surface area (Å²) in [6.07, 6.45) is 2.00. The summed E-state index contributed by atoms with van der Waals surface area (Å²) in [5, 5.41) is 6.06. The number of amides is 2. The highest BCUT2D eigenvalue weighted by atomic mass is 35.5. The molecule has 11 heteroatoms. The minimum atomic E-state index is -3.57. The predicted octanol–water partition coefficient (Wildman–Crippen LogP) is 4.51. The number of carbonyl (C=O) groups is 2. The average Bonchev–Trinajstić information content (AvgIpc) is 2.90. The average molecular weight is 574 g/mol. The van der Waals surface area contributed by atoms with Gasteiger partial charge in [0, 0.05) is 24.5 Å². The summed E-state index contributed by atoms with van der Waals surface area (Å²) in [5.41, 5.74) is 2.10. The summed E-state index contributed by atoms with van der Waals surface area (Å²) in [6, 6.07) is 18.8. The molecule has 0 saturated carbocycles. The highest BCUT2D eigenvalue weighted by Gasteiger charge is 2.19. The zero-order valence-corrected chi connectivity index (χ0v) is 23.6. The van der Waals surface area contributed by atoms with E-state index in [1.54, 1.807) is 62.8 Å². The summed E-state index contributed by atoms with van der Waals surface area (Å²) in [6.45, 7) is 0.478. The number of sulfonamides is 1. The summed E-state index contributed by atoms with van der Waals surface area (Å²) < 4.78 is 36.4. The fourth-order valence-corrected chi connectivity index (χ4v) is 5.10. The Morgan fingerprint density at radius 2 is 1.69 bits per heavy atom. The normalized spacial score (nSPS) is 11.0. The third kappa shape index (κ3) is 8.62. The molecule has 0 atom stereocenters. The largest absolute Gasteiger partial charge is 0.493 e. The van der Waals surface area contributed by atoms with Gasteiger partial charge >= 0.3 is 0 Å². The molecule has 3 rings (SSSR count). The summed E-state index contributed by atoms with van der Waals surface area (Å²) >= 11 is 6.01.